The van der Waals surface area contributed by atoms with Gasteiger partial charge in [-0.2, -0.15) is 0 Å². The van der Waals surface area contributed by atoms with Crippen molar-refractivity contribution in [3.63, 3.8) is 0 Å². The summed E-state index contributed by atoms with van der Waals surface area (Å²) in [5, 5.41) is 0. The highest BCUT2D eigenvalue weighted by Gasteiger charge is 2.33. The van der Waals surface area contributed by atoms with Crippen LogP contribution in [0, 0.1) is 5.41 Å². The summed E-state index contributed by atoms with van der Waals surface area (Å²) < 4.78 is 4.94. The molecule has 1 saturated heterocycles. The third-order valence-corrected chi connectivity index (χ3v) is 3.32. The highest BCUT2D eigenvalue weighted by Crippen LogP contribution is 2.19. The SMILES string of the molecule is CCOC(=O)N1CCN(C(=O)[C@H](N)C(C)(C)C)CC1. The van der Waals surface area contributed by atoms with E-state index in [1.165, 1.54) is 0 Å². The second kappa shape index (κ2) is 6.23. The Hall–Kier alpha value is -1.30. The first kappa shape index (κ1) is 15.8. The molecule has 1 aliphatic rings. The van der Waals surface area contributed by atoms with Crippen LogP contribution >= 0.6 is 0 Å². The number of piperazine rings is 1. The molecule has 0 aromatic rings. The van der Waals surface area contributed by atoms with Gasteiger partial charge in [-0.25, -0.2) is 4.79 Å². The Bertz CT molecular complexity index is 331. The van der Waals surface area contributed by atoms with Crippen molar-refractivity contribution in [3.05, 3.63) is 0 Å². The van der Waals surface area contributed by atoms with Gasteiger partial charge in [-0.05, 0) is 12.3 Å². The van der Waals surface area contributed by atoms with Crippen LogP contribution in [0.4, 0.5) is 4.79 Å². The van der Waals surface area contributed by atoms with E-state index in [1.807, 2.05) is 20.8 Å². The van der Waals surface area contributed by atoms with Crippen LogP contribution in [0.15, 0.2) is 0 Å². The molecule has 0 bridgehead atoms. The number of ether oxygens (including phenoxy) is 1. The number of nitrogens with two attached hydrogens (primary N) is 1. The van der Waals surface area contributed by atoms with Gasteiger partial charge in [-0.15, -0.1) is 0 Å². The van der Waals surface area contributed by atoms with Crippen LogP contribution in [0.2, 0.25) is 0 Å². The molecule has 19 heavy (non-hydrogen) atoms. The zero-order valence-electron chi connectivity index (χ0n) is 12.3. The molecule has 6 heteroatoms. The van der Waals surface area contributed by atoms with Gasteiger partial charge in [0.1, 0.15) is 0 Å². The average molecular weight is 271 g/mol. The van der Waals surface area contributed by atoms with Gasteiger partial charge in [-0.1, -0.05) is 20.8 Å². The van der Waals surface area contributed by atoms with E-state index >= 15 is 0 Å². The summed E-state index contributed by atoms with van der Waals surface area (Å²) in [6.45, 7) is 10.0. The molecule has 1 rings (SSSR count). The summed E-state index contributed by atoms with van der Waals surface area (Å²) in [5.74, 6) is -0.0454. The van der Waals surface area contributed by atoms with E-state index in [9.17, 15) is 9.59 Å². The molecule has 2 N–H and O–H groups in total. The predicted molar refractivity (Wildman–Crippen MR) is 72.6 cm³/mol. The van der Waals surface area contributed by atoms with Gasteiger partial charge in [0.25, 0.3) is 0 Å². The molecule has 6 nitrogen and oxygen atoms in total. The number of rotatable bonds is 2. The van der Waals surface area contributed by atoms with Crippen LogP contribution in [0.5, 0.6) is 0 Å². The fraction of sp³-hybridized carbons (Fsp3) is 0.846. The summed E-state index contributed by atoms with van der Waals surface area (Å²) in [4.78, 5) is 27.1. The second-order valence-corrected chi connectivity index (χ2v) is 5.85. The van der Waals surface area contributed by atoms with Crippen molar-refractivity contribution >= 4 is 12.0 Å². The van der Waals surface area contributed by atoms with Crippen LogP contribution in [-0.4, -0.2) is 60.6 Å². The largest absolute Gasteiger partial charge is 0.450 e. The molecule has 0 radical (unpaired) electrons. The molecule has 0 aromatic carbocycles. The van der Waals surface area contributed by atoms with Crippen LogP contribution in [0.3, 0.4) is 0 Å². The van der Waals surface area contributed by atoms with Gasteiger partial charge in [0.15, 0.2) is 0 Å². The number of nitrogens with zero attached hydrogens (tertiary/aromatic N) is 2. The summed E-state index contributed by atoms with van der Waals surface area (Å²) in [7, 11) is 0. The van der Waals surface area contributed by atoms with E-state index in [4.69, 9.17) is 10.5 Å². The van der Waals surface area contributed by atoms with E-state index in [-0.39, 0.29) is 17.4 Å². The molecule has 1 fully saturated rings. The second-order valence-electron chi connectivity index (χ2n) is 5.85. The normalized spacial score (nSPS) is 18.2. The monoisotopic (exact) mass is 271 g/mol. The summed E-state index contributed by atoms with van der Waals surface area (Å²) in [6, 6.07) is -0.512. The minimum absolute atomic E-state index is 0.0454. The maximum atomic E-state index is 12.2. The molecular formula is C13H25N3O3. The minimum atomic E-state index is -0.512. The fourth-order valence-corrected chi connectivity index (χ4v) is 1.89. The highest BCUT2D eigenvalue weighted by atomic mass is 16.6. The lowest BCUT2D eigenvalue weighted by Gasteiger charge is -2.37. The molecule has 0 unspecified atom stereocenters. The third-order valence-electron chi connectivity index (χ3n) is 3.32. The van der Waals surface area contributed by atoms with Gasteiger partial charge in [-0.3, -0.25) is 4.79 Å². The molecular weight excluding hydrogens is 246 g/mol. The Balaban J connectivity index is 2.50. The van der Waals surface area contributed by atoms with Gasteiger partial charge >= 0.3 is 6.09 Å². The van der Waals surface area contributed by atoms with E-state index < -0.39 is 6.04 Å². The lowest BCUT2D eigenvalue weighted by Crippen LogP contribution is -2.57. The average Bonchev–Trinajstić information content (AvgIpc) is 2.36. The van der Waals surface area contributed by atoms with E-state index in [2.05, 4.69) is 0 Å². The molecule has 0 aromatic heterocycles. The number of carbonyl (C=O) groups is 2. The molecule has 2 amide bonds. The fourth-order valence-electron chi connectivity index (χ4n) is 1.89. The van der Waals surface area contributed by atoms with Crippen LogP contribution in [0.1, 0.15) is 27.7 Å². The predicted octanol–water partition coefficient (Wildman–Crippen LogP) is 0.661. The number of carbonyl (C=O) groups excluding carboxylic acids is 2. The van der Waals surface area contributed by atoms with Gasteiger partial charge in [0, 0.05) is 26.2 Å². The third kappa shape index (κ3) is 4.09. The smallest absolute Gasteiger partial charge is 0.409 e. The Morgan fingerprint density at radius 1 is 1.16 bits per heavy atom. The Kier molecular flexibility index (Phi) is 5.17. The van der Waals surface area contributed by atoms with Crippen LogP contribution < -0.4 is 5.73 Å². The van der Waals surface area contributed by atoms with Crippen molar-refractivity contribution < 1.29 is 14.3 Å². The zero-order valence-corrected chi connectivity index (χ0v) is 12.3. The first-order chi connectivity index (χ1) is 8.77. The summed E-state index contributed by atoms with van der Waals surface area (Å²) >= 11 is 0. The quantitative estimate of drug-likeness (QED) is 0.800. The summed E-state index contributed by atoms with van der Waals surface area (Å²) in [6.07, 6.45) is -0.310. The van der Waals surface area contributed by atoms with Gasteiger partial charge in [0.2, 0.25) is 5.91 Å². The molecule has 1 atom stereocenters. The van der Waals surface area contributed by atoms with Crippen molar-refractivity contribution in [2.75, 3.05) is 32.8 Å². The molecule has 1 heterocycles. The zero-order chi connectivity index (χ0) is 14.6. The molecule has 0 saturated carbocycles. The van der Waals surface area contributed by atoms with Gasteiger partial charge in [0.05, 0.1) is 12.6 Å². The summed E-state index contributed by atoms with van der Waals surface area (Å²) in [5.41, 5.74) is 5.72. The van der Waals surface area contributed by atoms with Crippen LogP contribution in [0.25, 0.3) is 0 Å². The van der Waals surface area contributed by atoms with Crippen molar-refractivity contribution in [2.45, 2.75) is 33.7 Å². The minimum Gasteiger partial charge on any atom is -0.450 e. The van der Waals surface area contributed by atoms with Crippen molar-refractivity contribution in [1.82, 2.24) is 9.80 Å². The number of hydrogen-bond acceptors (Lipinski definition) is 4. The maximum Gasteiger partial charge on any atom is 0.409 e. The molecule has 110 valence electrons. The Morgan fingerprint density at radius 3 is 2.05 bits per heavy atom. The van der Waals surface area contributed by atoms with Crippen molar-refractivity contribution in [1.29, 1.82) is 0 Å². The van der Waals surface area contributed by atoms with E-state index in [0.29, 0.717) is 32.8 Å². The van der Waals surface area contributed by atoms with Crippen LogP contribution in [-0.2, 0) is 9.53 Å². The Morgan fingerprint density at radius 2 is 1.63 bits per heavy atom. The van der Waals surface area contributed by atoms with E-state index in [1.54, 1.807) is 16.7 Å². The highest BCUT2D eigenvalue weighted by molar-refractivity contribution is 5.82. The standard InChI is InChI=1S/C13H25N3O3/c1-5-19-12(18)16-8-6-15(7-9-16)11(17)10(14)13(2,3)4/h10H,5-9,14H2,1-4H3/t10-/m0/s1. The first-order valence-electron chi connectivity index (χ1n) is 6.73. The van der Waals surface area contributed by atoms with Gasteiger partial charge < -0.3 is 20.3 Å². The van der Waals surface area contributed by atoms with E-state index in [0.717, 1.165) is 0 Å². The number of amides is 2. The molecule has 0 spiro atoms. The number of hydrogen-bond donors (Lipinski definition) is 1. The topological polar surface area (TPSA) is 75.9 Å². The molecule has 0 aliphatic carbocycles. The lowest BCUT2D eigenvalue weighted by molar-refractivity contribution is -0.136. The van der Waals surface area contributed by atoms with Crippen molar-refractivity contribution in [3.8, 4) is 0 Å². The maximum absolute atomic E-state index is 12.2. The molecule has 1 aliphatic heterocycles. The first-order valence-corrected chi connectivity index (χ1v) is 6.73. The van der Waals surface area contributed by atoms with Crippen molar-refractivity contribution in [2.24, 2.45) is 11.1 Å². The lowest BCUT2D eigenvalue weighted by atomic mass is 9.86. The Labute approximate surface area is 114 Å².